The topological polar surface area (TPSA) is 76.1 Å². The van der Waals surface area contributed by atoms with E-state index in [0.29, 0.717) is 0 Å². The first-order chi connectivity index (χ1) is 6.41. The quantitative estimate of drug-likeness (QED) is 0.340. The number of nitrogens with two attached hydrogens (primary N) is 2. The summed E-state index contributed by atoms with van der Waals surface area (Å²) < 4.78 is 0. The molecule has 4 heteroatoms. The third kappa shape index (κ3) is 11.8. The van der Waals surface area contributed by atoms with Crippen molar-refractivity contribution >= 4 is 0 Å². The third-order valence-corrected chi connectivity index (χ3v) is 1.85. The van der Waals surface area contributed by atoms with Crippen molar-refractivity contribution in [3.63, 3.8) is 0 Å². The molecule has 0 amide bonds. The van der Waals surface area contributed by atoms with E-state index in [9.17, 15) is 0 Å². The highest BCUT2D eigenvalue weighted by Gasteiger charge is 1.89. The Morgan fingerprint density at radius 2 is 1.08 bits per heavy atom. The average Bonchev–Trinajstić information content (AvgIpc) is 2.16. The van der Waals surface area contributed by atoms with Gasteiger partial charge in [0.05, 0.1) is 0 Å². The van der Waals surface area contributed by atoms with E-state index in [1.54, 1.807) is 0 Å². The van der Waals surface area contributed by atoms with Gasteiger partial charge in [0.1, 0.15) is 0 Å². The first-order valence-corrected chi connectivity index (χ1v) is 5.23. The lowest BCUT2D eigenvalue weighted by Crippen LogP contribution is -2.24. The molecule has 0 aliphatic rings. The number of rotatable bonds is 10. The van der Waals surface area contributed by atoms with Gasteiger partial charge in [-0.25, -0.2) is 0 Å². The summed E-state index contributed by atoms with van der Waals surface area (Å²) in [5, 5.41) is 6.54. The molecule has 0 aromatic heterocycles. The Hall–Kier alpha value is -0.160. The minimum Gasteiger partial charge on any atom is -0.329 e. The lowest BCUT2D eigenvalue weighted by molar-refractivity contribution is 0.577. The molecule has 6 N–H and O–H groups in total. The summed E-state index contributed by atoms with van der Waals surface area (Å²) >= 11 is 0. The second-order valence-electron chi connectivity index (χ2n) is 3.14. The van der Waals surface area contributed by atoms with Gasteiger partial charge in [-0.2, -0.15) is 0 Å². The van der Waals surface area contributed by atoms with Crippen molar-refractivity contribution in [2.45, 2.75) is 19.3 Å². The van der Waals surface area contributed by atoms with Crippen molar-refractivity contribution in [1.29, 1.82) is 0 Å². The van der Waals surface area contributed by atoms with Gasteiger partial charge in [-0.1, -0.05) is 6.42 Å². The molecule has 0 aromatic rings. The summed E-state index contributed by atoms with van der Waals surface area (Å²) in [5.74, 6) is 0. The Kier molecular flexibility index (Phi) is 11.7. The molecule has 0 saturated carbocycles. The molecular weight excluding hydrogens is 164 g/mol. The van der Waals surface area contributed by atoms with Crippen molar-refractivity contribution < 1.29 is 0 Å². The van der Waals surface area contributed by atoms with Gasteiger partial charge in [-0.3, -0.25) is 0 Å². The number of unbranched alkanes of at least 4 members (excludes halogenated alkanes) is 2. The molecule has 0 spiro atoms. The van der Waals surface area contributed by atoms with Crippen LogP contribution in [0.25, 0.3) is 0 Å². The van der Waals surface area contributed by atoms with Gasteiger partial charge in [0.2, 0.25) is 0 Å². The van der Waals surface area contributed by atoms with E-state index >= 15 is 0 Å². The van der Waals surface area contributed by atoms with E-state index in [1.165, 1.54) is 19.3 Å². The van der Waals surface area contributed by atoms with Crippen molar-refractivity contribution in [3.8, 4) is 0 Å². The van der Waals surface area contributed by atoms with Crippen LogP contribution in [0.15, 0.2) is 0 Å². The van der Waals surface area contributed by atoms with Crippen LogP contribution in [0, 0.1) is 0 Å². The predicted molar refractivity (Wildman–Crippen MR) is 57.7 cm³/mol. The van der Waals surface area contributed by atoms with Crippen LogP contribution in [0.2, 0.25) is 0 Å². The highest BCUT2D eigenvalue weighted by Crippen LogP contribution is 1.91. The van der Waals surface area contributed by atoms with Crippen LogP contribution in [0.1, 0.15) is 19.3 Å². The Balaban J connectivity index is 2.76. The van der Waals surface area contributed by atoms with Crippen LogP contribution in [0.4, 0.5) is 0 Å². The first kappa shape index (κ1) is 12.8. The van der Waals surface area contributed by atoms with Crippen LogP contribution in [-0.2, 0) is 0 Å². The van der Waals surface area contributed by atoms with Crippen LogP contribution < -0.4 is 22.1 Å². The number of hydrogen-bond donors (Lipinski definition) is 4. The molecule has 0 saturated heterocycles. The molecule has 80 valence electrons. The SMILES string of the molecule is NCCNCCCCCNCCN. The minimum atomic E-state index is 0.734. The van der Waals surface area contributed by atoms with Crippen LogP contribution in [0.3, 0.4) is 0 Å². The second kappa shape index (κ2) is 11.8. The van der Waals surface area contributed by atoms with Crippen LogP contribution in [0.5, 0.6) is 0 Å². The second-order valence-corrected chi connectivity index (χ2v) is 3.14. The maximum atomic E-state index is 5.34. The van der Waals surface area contributed by atoms with E-state index in [1.807, 2.05) is 0 Å². The molecule has 0 radical (unpaired) electrons. The minimum absolute atomic E-state index is 0.734. The Labute approximate surface area is 81.4 Å². The average molecular weight is 188 g/mol. The molecule has 0 fully saturated rings. The van der Waals surface area contributed by atoms with E-state index in [0.717, 1.165) is 39.3 Å². The normalized spacial score (nSPS) is 10.6. The molecule has 0 aliphatic carbocycles. The van der Waals surface area contributed by atoms with Crippen LogP contribution in [-0.4, -0.2) is 39.3 Å². The molecule has 0 bridgehead atoms. The van der Waals surface area contributed by atoms with E-state index in [-0.39, 0.29) is 0 Å². The van der Waals surface area contributed by atoms with Gasteiger partial charge in [-0.15, -0.1) is 0 Å². The highest BCUT2D eigenvalue weighted by atomic mass is 14.9. The van der Waals surface area contributed by atoms with E-state index < -0.39 is 0 Å². The fourth-order valence-corrected chi connectivity index (χ4v) is 1.13. The molecule has 4 nitrogen and oxygen atoms in total. The van der Waals surface area contributed by atoms with Gasteiger partial charge < -0.3 is 22.1 Å². The smallest absolute Gasteiger partial charge is 0.00745 e. The maximum Gasteiger partial charge on any atom is 0.00745 e. The lowest BCUT2D eigenvalue weighted by atomic mass is 10.2. The van der Waals surface area contributed by atoms with Gasteiger partial charge in [0.25, 0.3) is 0 Å². The molecule has 0 unspecified atom stereocenters. The summed E-state index contributed by atoms with van der Waals surface area (Å²) in [4.78, 5) is 0. The molecule has 13 heavy (non-hydrogen) atoms. The fourth-order valence-electron chi connectivity index (χ4n) is 1.13. The van der Waals surface area contributed by atoms with Crippen molar-refractivity contribution in [2.24, 2.45) is 11.5 Å². The zero-order valence-corrected chi connectivity index (χ0v) is 8.52. The van der Waals surface area contributed by atoms with Gasteiger partial charge in [0.15, 0.2) is 0 Å². The Bertz CT molecular complexity index is 77.7. The molecular formula is C9H24N4. The summed E-state index contributed by atoms with van der Waals surface area (Å²) in [5.41, 5.74) is 10.7. The molecule has 0 rings (SSSR count). The molecule has 0 aliphatic heterocycles. The summed E-state index contributed by atoms with van der Waals surface area (Å²) in [6, 6.07) is 0. The zero-order valence-electron chi connectivity index (χ0n) is 8.52. The monoisotopic (exact) mass is 188 g/mol. The fraction of sp³-hybridized carbons (Fsp3) is 1.00. The molecule has 0 aromatic carbocycles. The highest BCUT2D eigenvalue weighted by molar-refractivity contribution is 4.51. The maximum absolute atomic E-state index is 5.34. The molecule has 0 heterocycles. The van der Waals surface area contributed by atoms with Crippen molar-refractivity contribution in [3.05, 3.63) is 0 Å². The molecule has 0 atom stereocenters. The number of hydrogen-bond acceptors (Lipinski definition) is 4. The first-order valence-electron chi connectivity index (χ1n) is 5.23. The predicted octanol–water partition coefficient (Wildman–Crippen LogP) is -0.747. The lowest BCUT2D eigenvalue weighted by Gasteiger charge is -2.03. The summed E-state index contributed by atoms with van der Waals surface area (Å²) in [7, 11) is 0. The van der Waals surface area contributed by atoms with Gasteiger partial charge >= 0.3 is 0 Å². The van der Waals surface area contributed by atoms with Crippen molar-refractivity contribution in [1.82, 2.24) is 10.6 Å². The van der Waals surface area contributed by atoms with Gasteiger partial charge in [-0.05, 0) is 25.9 Å². The Morgan fingerprint density at radius 1 is 0.615 bits per heavy atom. The summed E-state index contributed by atoms with van der Waals surface area (Å²) in [6.07, 6.45) is 3.75. The zero-order chi connectivity index (χ0) is 9.78. The van der Waals surface area contributed by atoms with Gasteiger partial charge in [0, 0.05) is 26.2 Å². The van der Waals surface area contributed by atoms with Crippen molar-refractivity contribution in [2.75, 3.05) is 39.3 Å². The van der Waals surface area contributed by atoms with Crippen LogP contribution >= 0.6 is 0 Å². The largest absolute Gasteiger partial charge is 0.329 e. The third-order valence-electron chi connectivity index (χ3n) is 1.85. The number of nitrogens with one attached hydrogen (secondary N) is 2. The Morgan fingerprint density at radius 3 is 1.46 bits per heavy atom. The summed E-state index contributed by atoms with van der Waals surface area (Å²) in [6.45, 7) is 5.52. The van der Waals surface area contributed by atoms with E-state index in [2.05, 4.69) is 10.6 Å². The standard InChI is InChI=1S/C9H24N4/c10-4-8-12-6-2-1-3-7-13-9-5-11/h12-13H,1-11H2. The van der Waals surface area contributed by atoms with E-state index in [4.69, 9.17) is 11.5 Å².